The maximum atomic E-state index is 12.1. The van der Waals surface area contributed by atoms with Gasteiger partial charge in [0.25, 0.3) is 0 Å². The fourth-order valence-electron chi connectivity index (χ4n) is 10.1. The summed E-state index contributed by atoms with van der Waals surface area (Å²) in [4.78, 5) is 41.9. The zero-order chi connectivity index (χ0) is 69.4. The zero-order valence-electron chi connectivity index (χ0n) is 60.6. The molecule has 4 aliphatic rings. The second-order valence-corrected chi connectivity index (χ2v) is 26.4. The molecule has 0 aromatic heterocycles. The minimum Gasteiger partial charge on any atom is -0.459 e. The molecule has 0 unspecified atom stereocenters. The highest BCUT2D eigenvalue weighted by atomic mass is 16.6. The Morgan fingerprint density at radius 2 is 0.870 bits per heavy atom. The summed E-state index contributed by atoms with van der Waals surface area (Å²) in [5.74, 6) is -0.0690. The van der Waals surface area contributed by atoms with Gasteiger partial charge < -0.3 is 86.8 Å². The van der Waals surface area contributed by atoms with E-state index in [0.717, 1.165) is 25.7 Å². The third-order valence-corrected chi connectivity index (χ3v) is 15.7. The number of hydroxylamine groups is 2. The van der Waals surface area contributed by atoms with Crippen LogP contribution in [0.15, 0.2) is 30.3 Å². The van der Waals surface area contributed by atoms with Gasteiger partial charge in [0, 0.05) is 87.9 Å². The molecule has 0 bridgehead atoms. The molecule has 0 spiro atoms. The average molecular weight is 1320 g/mol. The lowest BCUT2D eigenvalue weighted by Gasteiger charge is -2.50. The van der Waals surface area contributed by atoms with E-state index in [0.29, 0.717) is 208 Å². The number of rotatable bonds is 21. The van der Waals surface area contributed by atoms with Crippen LogP contribution >= 0.6 is 0 Å². The minimum absolute atomic E-state index is 0.184. The second-order valence-electron chi connectivity index (χ2n) is 26.4. The molecule has 4 aliphatic heterocycles. The largest absolute Gasteiger partial charge is 0.459 e. The molecule has 4 saturated heterocycles. The van der Waals surface area contributed by atoms with E-state index in [4.69, 9.17) is 61.6 Å². The van der Waals surface area contributed by atoms with Gasteiger partial charge in [-0.3, -0.25) is 9.69 Å². The predicted octanol–water partition coefficient (Wildman–Crippen LogP) is 9.37. The van der Waals surface area contributed by atoms with Gasteiger partial charge in [-0.2, -0.15) is 5.06 Å². The summed E-state index contributed by atoms with van der Waals surface area (Å²) in [7, 11) is 3.30. The second kappa shape index (κ2) is 52.0. The van der Waals surface area contributed by atoms with E-state index < -0.39 is 16.7 Å². The van der Waals surface area contributed by atoms with Crippen LogP contribution in [-0.2, 0) is 66.4 Å². The maximum Gasteiger partial charge on any atom is 0.410 e. The van der Waals surface area contributed by atoms with Gasteiger partial charge in [0.2, 0.25) is 5.91 Å². The number of ether oxygens (including phenoxy) is 13. The number of aliphatic hydroxyl groups is 2. The quantitative estimate of drug-likeness (QED) is 0.0766. The molecule has 23 nitrogen and oxygen atoms in total. The van der Waals surface area contributed by atoms with Gasteiger partial charge in [0.05, 0.1) is 150 Å². The van der Waals surface area contributed by atoms with Crippen molar-refractivity contribution in [3.63, 3.8) is 0 Å². The third-order valence-electron chi connectivity index (χ3n) is 15.7. The third kappa shape index (κ3) is 43.1. The molecule has 0 radical (unpaired) electrons. The van der Waals surface area contributed by atoms with Gasteiger partial charge in [0.15, 0.2) is 0 Å². The number of esters is 1. The molecule has 542 valence electrons. The normalized spacial score (nSPS) is 18.8. The smallest absolute Gasteiger partial charge is 0.410 e. The number of piperidine rings is 3. The Balaban J connectivity index is 0.00000109. The van der Waals surface area contributed by atoms with Crippen molar-refractivity contribution in [1.29, 1.82) is 0 Å². The Hall–Kier alpha value is -3.21. The van der Waals surface area contributed by atoms with Gasteiger partial charge in [-0.15, -0.1) is 0 Å². The van der Waals surface area contributed by atoms with Crippen LogP contribution in [0.25, 0.3) is 0 Å². The molecular weight excluding hydrogens is 1190 g/mol. The summed E-state index contributed by atoms with van der Waals surface area (Å²) in [6.45, 7) is 47.7. The minimum atomic E-state index is -0.413. The van der Waals surface area contributed by atoms with Crippen molar-refractivity contribution in [2.75, 3.05) is 173 Å². The first-order chi connectivity index (χ1) is 43.5. The van der Waals surface area contributed by atoms with Crippen LogP contribution in [0.3, 0.4) is 0 Å². The van der Waals surface area contributed by atoms with Crippen LogP contribution < -0.4 is 0 Å². The van der Waals surface area contributed by atoms with E-state index >= 15 is 0 Å². The summed E-state index contributed by atoms with van der Waals surface area (Å²) in [5, 5.41) is 30.2. The Labute approximate surface area is 556 Å². The van der Waals surface area contributed by atoms with Crippen LogP contribution in [0.4, 0.5) is 4.79 Å². The van der Waals surface area contributed by atoms with Gasteiger partial charge >= 0.3 is 12.1 Å². The lowest BCUT2D eigenvalue weighted by atomic mass is 9.80. The summed E-state index contributed by atoms with van der Waals surface area (Å²) < 4.78 is 68.3. The first kappa shape index (κ1) is 88.8. The van der Waals surface area contributed by atoms with Crippen molar-refractivity contribution in [2.45, 2.75) is 215 Å². The average Bonchev–Trinajstić information content (AvgIpc) is 0.796. The van der Waals surface area contributed by atoms with E-state index in [1.165, 1.54) is 5.06 Å². The monoisotopic (exact) mass is 1320 g/mol. The fourth-order valence-corrected chi connectivity index (χ4v) is 10.1. The van der Waals surface area contributed by atoms with E-state index in [1.54, 1.807) is 31.3 Å². The molecule has 1 aromatic carbocycles. The molecule has 2 amide bonds. The number of carbonyl (C=O) groups is 3. The van der Waals surface area contributed by atoms with Crippen molar-refractivity contribution in [3.05, 3.63) is 35.9 Å². The molecule has 23 heteroatoms. The van der Waals surface area contributed by atoms with Crippen molar-refractivity contribution < 1.29 is 91.4 Å². The van der Waals surface area contributed by atoms with Gasteiger partial charge in [0.1, 0.15) is 11.7 Å². The summed E-state index contributed by atoms with van der Waals surface area (Å²) in [6.07, 6.45) is 4.76. The van der Waals surface area contributed by atoms with Crippen LogP contribution in [0.1, 0.15) is 173 Å². The maximum absolute atomic E-state index is 12.1. The Kier molecular flexibility index (Phi) is 50.2. The molecule has 0 aliphatic carbocycles. The van der Waals surface area contributed by atoms with E-state index in [2.05, 4.69) is 46.4 Å². The SMILES string of the molecule is C1COCCOCCOCCOCCOCCO1.CC(C)N(C(C)C)C(C)C.CC1(C)CC(OC(=O)c2ccccc2)CC(C)(C)N1O.CCC(C)(C)C(=O)N1CCC(O)CC1.CCC(C)(C)OC(=O)N1CCC(O)CC1.COCCOCCOCCOCCOC. The number of hydrogen-bond acceptors (Lipinski definition) is 21. The predicted molar refractivity (Wildman–Crippen MR) is 359 cm³/mol. The molecule has 3 N–H and O–H groups in total. The van der Waals surface area contributed by atoms with Crippen molar-refractivity contribution in [3.8, 4) is 0 Å². The number of carbonyl (C=O) groups excluding carboxylic acids is 3. The van der Waals surface area contributed by atoms with Crippen molar-refractivity contribution >= 4 is 18.0 Å². The molecule has 1 aromatic rings. The van der Waals surface area contributed by atoms with Gasteiger partial charge in [-0.1, -0.05) is 45.9 Å². The summed E-state index contributed by atoms with van der Waals surface area (Å²) in [6, 6.07) is 11.0. The van der Waals surface area contributed by atoms with Crippen molar-refractivity contribution in [2.24, 2.45) is 5.41 Å². The highest BCUT2D eigenvalue weighted by molar-refractivity contribution is 5.89. The van der Waals surface area contributed by atoms with Crippen molar-refractivity contribution in [1.82, 2.24) is 19.8 Å². The Bertz CT molecular complexity index is 1810. The van der Waals surface area contributed by atoms with Gasteiger partial charge in [-0.05, 0) is 134 Å². The standard InChI is InChI=1S/C16H23NO3.C12H24O6.C11H21NO3.C11H21NO2.C10H22O5.C9H21N/c1-15(2)10-13(11-16(3,4)17(15)19)20-14(18)12-8-6-5-7-9-12;1-2-14-5-6-16-9-10-18-12-11-17-8-7-15-4-3-13-1;1-4-11(2,3)15-10(14)12-7-5-9(13)6-8-12;1-4-11(2,3)10(14)12-7-5-9(13)6-8-12;1-11-3-5-13-7-9-15-10-8-14-6-4-12-2;1-7(2)10(8(3)4)9(5)6/h5-9,13,19H,10-11H2,1-4H3;1-12H2;9,13H,4-8H2,1-3H3;9,13H,4-8H2,1-3H3;3-10H2,1-2H3;7-9H,1-6H3. The number of likely N-dealkylation sites (tertiary alicyclic amines) is 2. The number of nitrogens with zero attached hydrogens (tertiary/aromatic N) is 4. The van der Waals surface area contributed by atoms with Gasteiger partial charge in [-0.25, -0.2) is 9.59 Å². The molecule has 92 heavy (non-hydrogen) atoms. The van der Waals surface area contributed by atoms with E-state index in [-0.39, 0.29) is 41.7 Å². The highest BCUT2D eigenvalue weighted by Gasteiger charge is 2.46. The number of methoxy groups -OCH3 is 2. The number of benzene rings is 1. The summed E-state index contributed by atoms with van der Waals surface area (Å²) in [5.41, 5.74) is -0.906. The molecule has 0 atom stereocenters. The first-order valence-corrected chi connectivity index (χ1v) is 33.9. The lowest BCUT2D eigenvalue weighted by Crippen LogP contribution is -2.60. The number of aliphatic hydroxyl groups excluding tert-OH is 2. The molecular formula is C69H132N4O19. The molecule has 4 fully saturated rings. The van der Waals surface area contributed by atoms with Crippen LogP contribution in [0, 0.1) is 5.41 Å². The Morgan fingerprint density at radius 3 is 1.16 bits per heavy atom. The molecule has 4 heterocycles. The fraction of sp³-hybridized carbons (Fsp3) is 0.870. The lowest BCUT2D eigenvalue weighted by molar-refractivity contribution is -0.256. The topological polar surface area (TPSA) is 245 Å². The molecule has 0 saturated carbocycles. The van der Waals surface area contributed by atoms with Crippen LogP contribution in [0.2, 0.25) is 0 Å². The number of hydrogen-bond donors (Lipinski definition) is 3. The highest BCUT2D eigenvalue weighted by Crippen LogP contribution is 2.38. The van der Waals surface area contributed by atoms with Crippen LogP contribution in [0.5, 0.6) is 0 Å². The summed E-state index contributed by atoms with van der Waals surface area (Å²) >= 11 is 0. The first-order valence-electron chi connectivity index (χ1n) is 33.9. The van der Waals surface area contributed by atoms with Crippen LogP contribution in [-0.4, -0.2) is 279 Å². The van der Waals surface area contributed by atoms with E-state index in [1.807, 2.05) is 92.3 Å². The van der Waals surface area contributed by atoms with E-state index in [9.17, 15) is 29.8 Å². The zero-order valence-corrected chi connectivity index (χ0v) is 60.6. The Morgan fingerprint density at radius 1 is 0.543 bits per heavy atom. The molecule has 5 rings (SSSR count). The number of amides is 2.